The van der Waals surface area contributed by atoms with E-state index in [1.807, 2.05) is 68.6 Å². The quantitative estimate of drug-likeness (QED) is 0.211. The van der Waals surface area contributed by atoms with Gasteiger partial charge in [-0.25, -0.2) is 0 Å². The summed E-state index contributed by atoms with van der Waals surface area (Å²) in [5.74, 6) is 0.196. The van der Waals surface area contributed by atoms with E-state index >= 15 is 0 Å². The maximum atomic E-state index is 13.6. The van der Waals surface area contributed by atoms with Gasteiger partial charge >= 0.3 is 0 Å². The lowest BCUT2D eigenvalue weighted by molar-refractivity contribution is 0.0903. The molecule has 0 aliphatic heterocycles. The van der Waals surface area contributed by atoms with E-state index in [0.717, 1.165) is 39.4 Å². The SMILES string of the molecule is CCCOc1ccc(-c2csc3ccccc23)cc1C(=O)NC(CO)[C@H](C)c1c[nH]c2ccccc12. The summed E-state index contributed by atoms with van der Waals surface area (Å²) in [6.45, 7) is 4.41. The number of aliphatic hydroxyl groups excluding tert-OH is 1. The summed E-state index contributed by atoms with van der Waals surface area (Å²) in [7, 11) is 0. The molecule has 1 amide bonds. The van der Waals surface area contributed by atoms with Crippen molar-refractivity contribution < 1.29 is 14.6 Å². The van der Waals surface area contributed by atoms with Gasteiger partial charge in [-0.15, -0.1) is 11.3 Å². The second-order valence-corrected chi connectivity index (χ2v) is 9.96. The number of carbonyl (C=O) groups excluding carboxylic acids is 1. The predicted octanol–water partition coefficient (Wildman–Crippen LogP) is 6.73. The van der Waals surface area contributed by atoms with Gasteiger partial charge in [-0.2, -0.15) is 0 Å². The summed E-state index contributed by atoms with van der Waals surface area (Å²) in [4.78, 5) is 16.9. The summed E-state index contributed by atoms with van der Waals surface area (Å²) < 4.78 is 7.15. The third-order valence-corrected chi connectivity index (χ3v) is 7.67. The highest BCUT2D eigenvalue weighted by atomic mass is 32.1. The van der Waals surface area contributed by atoms with Gasteiger partial charge in [0.2, 0.25) is 0 Å². The van der Waals surface area contributed by atoms with Gasteiger partial charge in [-0.05, 0) is 47.2 Å². The second-order valence-electron chi connectivity index (χ2n) is 9.05. The van der Waals surface area contributed by atoms with Gasteiger partial charge in [0, 0.05) is 38.7 Å². The number of rotatable bonds is 9. The van der Waals surface area contributed by atoms with Crippen LogP contribution >= 0.6 is 11.3 Å². The lowest BCUT2D eigenvalue weighted by atomic mass is 9.93. The van der Waals surface area contributed by atoms with Crippen molar-refractivity contribution in [2.24, 2.45) is 0 Å². The summed E-state index contributed by atoms with van der Waals surface area (Å²) in [5, 5.41) is 17.7. The summed E-state index contributed by atoms with van der Waals surface area (Å²) in [6, 6.07) is 21.7. The number of amides is 1. The van der Waals surface area contributed by atoms with Gasteiger partial charge in [0.1, 0.15) is 5.75 Å². The molecule has 0 saturated carbocycles. The van der Waals surface area contributed by atoms with Crippen molar-refractivity contribution in [1.82, 2.24) is 10.3 Å². The maximum Gasteiger partial charge on any atom is 0.255 e. The first-order valence-corrected chi connectivity index (χ1v) is 13.2. The first-order valence-electron chi connectivity index (χ1n) is 12.3. The fraction of sp³-hybridized carbons (Fsp3) is 0.233. The molecule has 0 aliphatic rings. The predicted molar refractivity (Wildman–Crippen MR) is 148 cm³/mol. The van der Waals surface area contributed by atoms with Crippen LogP contribution in [0.25, 0.3) is 32.1 Å². The van der Waals surface area contributed by atoms with E-state index in [1.165, 1.54) is 4.70 Å². The van der Waals surface area contributed by atoms with Crippen molar-refractivity contribution in [3.8, 4) is 16.9 Å². The average molecular weight is 499 g/mol. The lowest BCUT2D eigenvalue weighted by Crippen LogP contribution is -2.41. The Morgan fingerprint density at radius 2 is 1.86 bits per heavy atom. The van der Waals surface area contributed by atoms with Gasteiger partial charge in [-0.3, -0.25) is 4.79 Å². The van der Waals surface area contributed by atoms with Crippen molar-refractivity contribution >= 4 is 38.2 Å². The Morgan fingerprint density at radius 1 is 1.08 bits per heavy atom. The van der Waals surface area contributed by atoms with Gasteiger partial charge in [-0.1, -0.05) is 56.3 Å². The monoisotopic (exact) mass is 498 g/mol. The standard InChI is InChI=1S/C30H30N2O3S/c1-3-14-35-28-13-12-20(25-18-36-29-11-7-5-9-22(25)29)15-23(28)30(34)32-27(17-33)19(2)24-16-31-26-10-6-4-8-21(24)26/h4-13,15-16,18-19,27,31,33H,3,14,17H2,1-2H3,(H,32,34)/t19-,27?/m1/s1. The summed E-state index contributed by atoms with van der Waals surface area (Å²) in [5.41, 5.74) is 4.63. The van der Waals surface area contributed by atoms with Crippen molar-refractivity contribution in [2.45, 2.75) is 32.2 Å². The van der Waals surface area contributed by atoms with Crippen molar-refractivity contribution in [3.63, 3.8) is 0 Å². The number of H-pyrrole nitrogens is 1. The molecule has 5 rings (SSSR count). The minimum absolute atomic E-state index is 0.0980. The molecule has 36 heavy (non-hydrogen) atoms. The van der Waals surface area contributed by atoms with E-state index in [0.29, 0.717) is 17.9 Å². The van der Waals surface area contributed by atoms with Crippen molar-refractivity contribution in [3.05, 3.63) is 89.4 Å². The normalized spacial score (nSPS) is 13.1. The zero-order valence-electron chi connectivity index (χ0n) is 20.5. The topological polar surface area (TPSA) is 74.3 Å². The molecule has 0 bridgehead atoms. The largest absolute Gasteiger partial charge is 0.493 e. The van der Waals surface area contributed by atoms with Crippen LogP contribution in [0.15, 0.2) is 78.3 Å². The molecule has 0 fully saturated rings. The summed E-state index contributed by atoms with van der Waals surface area (Å²) >= 11 is 1.69. The Morgan fingerprint density at radius 3 is 2.67 bits per heavy atom. The molecular formula is C30H30N2O3S. The molecule has 2 atom stereocenters. The zero-order chi connectivity index (χ0) is 25.1. The minimum atomic E-state index is -0.457. The van der Waals surface area contributed by atoms with Crippen LogP contribution < -0.4 is 10.1 Å². The molecule has 6 heteroatoms. The van der Waals surface area contributed by atoms with Crippen LogP contribution in [0.3, 0.4) is 0 Å². The van der Waals surface area contributed by atoms with Crippen molar-refractivity contribution in [2.75, 3.05) is 13.2 Å². The van der Waals surface area contributed by atoms with E-state index in [-0.39, 0.29) is 18.4 Å². The van der Waals surface area contributed by atoms with Crippen LogP contribution in [-0.4, -0.2) is 35.3 Å². The molecule has 5 aromatic rings. The van der Waals surface area contributed by atoms with Crippen LogP contribution in [0.1, 0.15) is 42.1 Å². The van der Waals surface area contributed by atoms with Gasteiger partial charge in [0.15, 0.2) is 0 Å². The number of fused-ring (bicyclic) bond motifs is 2. The van der Waals surface area contributed by atoms with E-state index in [4.69, 9.17) is 4.74 Å². The lowest BCUT2D eigenvalue weighted by Gasteiger charge is -2.24. The number of benzene rings is 3. The minimum Gasteiger partial charge on any atom is -0.493 e. The molecule has 0 spiro atoms. The number of aromatic nitrogens is 1. The Labute approximate surface area is 214 Å². The molecule has 2 heterocycles. The smallest absolute Gasteiger partial charge is 0.255 e. The van der Waals surface area contributed by atoms with E-state index < -0.39 is 6.04 Å². The highest BCUT2D eigenvalue weighted by molar-refractivity contribution is 7.17. The number of carbonyl (C=O) groups is 1. The molecule has 3 N–H and O–H groups in total. The number of hydrogen-bond donors (Lipinski definition) is 3. The molecule has 0 radical (unpaired) electrons. The fourth-order valence-electron chi connectivity index (χ4n) is 4.68. The van der Waals surface area contributed by atoms with E-state index in [9.17, 15) is 9.90 Å². The van der Waals surface area contributed by atoms with Crippen LogP contribution in [-0.2, 0) is 0 Å². The maximum absolute atomic E-state index is 13.6. The number of hydrogen-bond acceptors (Lipinski definition) is 4. The van der Waals surface area contributed by atoms with Crippen LogP contribution in [0, 0.1) is 0 Å². The fourth-order valence-corrected chi connectivity index (χ4v) is 5.65. The summed E-state index contributed by atoms with van der Waals surface area (Å²) in [6.07, 6.45) is 2.80. The second kappa shape index (κ2) is 10.6. The average Bonchev–Trinajstić information content (AvgIpc) is 3.54. The first-order chi connectivity index (χ1) is 17.6. The van der Waals surface area contributed by atoms with Crippen LogP contribution in [0.5, 0.6) is 5.75 Å². The number of para-hydroxylation sites is 1. The number of aliphatic hydroxyl groups is 1. The van der Waals surface area contributed by atoms with Crippen molar-refractivity contribution in [1.29, 1.82) is 0 Å². The highest BCUT2D eigenvalue weighted by Crippen LogP contribution is 2.36. The first kappa shape index (κ1) is 24.1. The van der Waals surface area contributed by atoms with E-state index in [1.54, 1.807) is 11.3 Å². The third kappa shape index (κ3) is 4.62. The molecular weight excluding hydrogens is 468 g/mol. The number of nitrogens with one attached hydrogen (secondary N) is 2. The number of aromatic amines is 1. The number of ether oxygens (including phenoxy) is 1. The Bertz CT molecular complexity index is 1500. The van der Waals surface area contributed by atoms with Gasteiger partial charge < -0.3 is 20.1 Å². The number of thiophene rings is 1. The van der Waals surface area contributed by atoms with Crippen LogP contribution in [0.2, 0.25) is 0 Å². The Hall–Kier alpha value is -3.61. The molecule has 2 aromatic heterocycles. The molecule has 0 saturated heterocycles. The Kier molecular flexibility index (Phi) is 7.07. The molecule has 1 unspecified atom stereocenters. The van der Waals surface area contributed by atoms with E-state index in [2.05, 4.69) is 33.9 Å². The highest BCUT2D eigenvalue weighted by Gasteiger charge is 2.25. The molecule has 0 aliphatic carbocycles. The molecule has 184 valence electrons. The molecule has 3 aromatic carbocycles. The Balaban J connectivity index is 1.47. The zero-order valence-corrected chi connectivity index (χ0v) is 21.3. The molecule has 5 nitrogen and oxygen atoms in total. The van der Waals surface area contributed by atoms with Gasteiger partial charge in [0.25, 0.3) is 5.91 Å². The van der Waals surface area contributed by atoms with Gasteiger partial charge in [0.05, 0.1) is 24.8 Å². The van der Waals surface area contributed by atoms with Crippen LogP contribution in [0.4, 0.5) is 0 Å². The third-order valence-electron chi connectivity index (χ3n) is 6.71.